The molecule has 0 amide bonds. The molecule has 0 fully saturated rings. The zero-order valence-corrected chi connectivity index (χ0v) is 25.9. The predicted molar refractivity (Wildman–Crippen MR) is 130 cm³/mol. The van der Waals surface area contributed by atoms with E-state index in [0.29, 0.717) is 0 Å². The number of rotatable bonds is 4. The standard InChI is InChI=1S/C17H21.C13H13.2ClH.Hf/c1-12-10-15(11-13(12)2)14-6-8-16(9-7-14)17(3,4)5;1-10-8-13(9-11(10)2)12-6-4-3-5-7-12;;;/h6-11H,1-5H3;3-9H,1-2H3;2*1H;/q;;;;+2/p-2. The van der Waals surface area contributed by atoms with Crippen molar-refractivity contribution in [2.75, 3.05) is 0 Å². The van der Waals surface area contributed by atoms with Crippen molar-refractivity contribution >= 4 is 0 Å². The first kappa shape index (κ1) is 28.1. The first-order valence-corrected chi connectivity index (χ1v) is 14.9. The molecule has 2 aliphatic carbocycles. The molecule has 0 saturated heterocycles. The van der Waals surface area contributed by atoms with Crippen LogP contribution in [0.1, 0.15) is 65.2 Å². The number of hydrogen-bond donors (Lipinski definition) is 0. The van der Waals surface area contributed by atoms with E-state index < -0.39 is 22.9 Å². The maximum Gasteiger partial charge on any atom is -1.00 e. The van der Waals surface area contributed by atoms with Gasteiger partial charge in [-0.1, -0.05) is 0 Å². The van der Waals surface area contributed by atoms with Crippen LogP contribution in [-0.4, -0.2) is 0 Å². The second-order valence-corrected chi connectivity index (χ2v) is 17.2. The number of allylic oxidation sites excluding steroid dienone is 8. The van der Waals surface area contributed by atoms with Gasteiger partial charge in [-0.2, -0.15) is 0 Å². The molecule has 0 radical (unpaired) electrons. The van der Waals surface area contributed by atoms with Crippen molar-refractivity contribution in [2.24, 2.45) is 0 Å². The molecule has 4 rings (SSSR count). The third kappa shape index (κ3) is 5.42. The van der Waals surface area contributed by atoms with Gasteiger partial charge in [-0.25, -0.2) is 0 Å². The number of benzene rings is 2. The Labute approximate surface area is 224 Å². The van der Waals surface area contributed by atoms with Crippen LogP contribution >= 0.6 is 0 Å². The molecule has 0 atom stereocenters. The summed E-state index contributed by atoms with van der Waals surface area (Å²) in [7, 11) is 0. The molecule has 0 unspecified atom stereocenters. The van der Waals surface area contributed by atoms with E-state index in [1.165, 1.54) is 39.0 Å². The average molecular weight is 644 g/mol. The Hall–Kier alpha value is -1.15. The van der Waals surface area contributed by atoms with Crippen LogP contribution in [0.5, 0.6) is 0 Å². The van der Waals surface area contributed by atoms with Crippen molar-refractivity contribution in [3.63, 3.8) is 0 Å². The van der Waals surface area contributed by atoms with Gasteiger partial charge in [0.2, 0.25) is 0 Å². The molecule has 0 saturated carbocycles. The zero-order chi connectivity index (χ0) is 22.4. The van der Waals surface area contributed by atoms with Gasteiger partial charge in [0.1, 0.15) is 0 Å². The second-order valence-electron chi connectivity index (χ2n) is 10.4. The Morgan fingerprint density at radius 2 is 0.909 bits per heavy atom. The second kappa shape index (κ2) is 10.2. The maximum atomic E-state index is 2.59. The van der Waals surface area contributed by atoms with Crippen LogP contribution in [0.3, 0.4) is 0 Å². The molecular weight excluding hydrogens is 610 g/mol. The molecule has 0 aliphatic heterocycles. The van der Waals surface area contributed by atoms with Crippen molar-refractivity contribution in [3.8, 4) is 0 Å². The van der Waals surface area contributed by atoms with Crippen molar-refractivity contribution in [1.82, 2.24) is 0 Å². The van der Waals surface area contributed by atoms with Gasteiger partial charge in [-0.15, -0.1) is 0 Å². The predicted octanol–water partition coefficient (Wildman–Crippen LogP) is 1.98. The van der Waals surface area contributed by atoms with Crippen LogP contribution < -0.4 is 24.8 Å². The molecular formula is C30H34Cl2Hf. The normalized spacial score (nSPS) is 18.2. The van der Waals surface area contributed by atoms with E-state index in [9.17, 15) is 0 Å². The van der Waals surface area contributed by atoms with Gasteiger partial charge in [0.15, 0.2) is 0 Å². The van der Waals surface area contributed by atoms with E-state index in [0.717, 1.165) is 0 Å². The molecule has 0 aromatic heterocycles. The Morgan fingerprint density at radius 1 is 0.545 bits per heavy atom. The summed E-state index contributed by atoms with van der Waals surface area (Å²) in [6.45, 7) is 16.0. The molecule has 172 valence electrons. The van der Waals surface area contributed by atoms with Gasteiger partial charge in [0.05, 0.1) is 0 Å². The van der Waals surface area contributed by atoms with Gasteiger partial charge >= 0.3 is 201 Å². The van der Waals surface area contributed by atoms with Crippen LogP contribution in [0.25, 0.3) is 0 Å². The van der Waals surface area contributed by atoms with E-state index in [1.807, 2.05) is 0 Å². The minimum atomic E-state index is -1.42. The molecule has 0 heterocycles. The van der Waals surface area contributed by atoms with Crippen LogP contribution in [0.2, 0.25) is 0 Å². The molecule has 0 spiro atoms. The van der Waals surface area contributed by atoms with Crippen LogP contribution in [0.15, 0.2) is 101 Å². The van der Waals surface area contributed by atoms with Gasteiger partial charge in [0.25, 0.3) is 0 Å². The molecule has 0 N–H and O–H groups in total. The first-order chi connectivity index (χ1) is 14.5. The zero-order valence-electron chi connectivity index (χ0n) is 20.8. The fraction of sp³-hybridized carbons (Fsp3) is 0.333. The SMILES string of the molecule is CC1=C[C]([Hf+2][C]2(c3ccc(C(C)(C)C)cc3)C=C(C)C(C)=C2)(c2ccccc2)C=C1C.[Cl-].[Cl-]. The van der Waals surface area contributed by atoms with E-state index in [4.69, 9.17) is 0 Å². The van der Waals surface area contributed by atoms with E-state index in [2.05, 4.69) is 127 Å². The monoisotopic (exact) mass is 644 g/mol. The molecule has 3 heteroatoms. The summed E-state index contributed by atoms with van der Waals surface area (Å²) >= 11 is -1.42. The first-order valence-electron chi connectivity index (χ1n) is 11.3. The molecule has 2 aliphatic rings. The maximum absolute atomic E-state index is 2.59. The van der Waals surface area contributed by atoms with Crippen molar-refractivity contribution < 1.29 is 47.7 Å². The third-order valence-corrected chi connectivity index (χ3v) is 14.0. The number of hydrogen-bond acceptors (Lipinski definition) is 0. The van der Waals surface area contributed by atoms with Gasteiger partial charge in [-0.3, -0.25) is 0 Å². The van der Waals surface area contributed by atoms with Gasteiger partial charge in [-0.05, 0) is 0 Å². The molecule has 2 aromatic rings. The summed E-state index contributed by atoms with van der Waals surface area (Å²) in [6.07, 6.45) is 10.3. The van der Waals surface area contributed by atoms with Gasteiger partial charge in [0, 0.05) is 0 Å². The average Bonchev–Trinajstić information content (AvgIpc) is 3.18. The molecule has 0 nitrogen and oxygen atoms in total. The Morgan fingerprint density at radius 3 is 1.27 bits per heavy atom. The molecule has 0 bridgehead atoms. The summed E-state index contributed by atoms with van der Waals surface area (Å²) in [4.78, 5) is 0. The van der Waals surface area contributed by atoms with Crippen molar-refractivity contribution in [3.05, 3.63) is 118 Å². The van der Waals surface area contributed by atoms with Crippen LogP contribution in [0, 0.1) is 0 Å². The fourth-order valence-corrected chi connectivity index (χ4v) is 13.7. The van der Waals surface area contributed by atoms with E-state index in [-0.39, 0.29) is 36.6 Å². The van der Waals surface area contributed by atoms with Crippen molar-refractivity contribution in [2.45, 2.75) is 60.2 Å². The third-order valence-electron chi connectivity index (χ3n) is 6.91. The summed E-state index contributed by atoms with van der Waals surface area (Å²) in [5.41, 5.74) is 10.3. The summed E-state index contributed by atoms with van der Waals surface area (Å²) in [6, 6.07) is 20.8. The van der Waals surface area contributed by atoms with Crippen LogP contribution in [0.4, 0.5) is 0 Å². The largest absolute Gasteiger partial charge is 1.00 e. The summed E-state index contributed by atoms with van der Waals surface area (Å²) in [5, 5.41) is 0. The van der Waals surface area contributed by atoms with Gasteiger partial charge < -0.3 is 24.8 Å². The smallest absolute Gasteiger partial charge is 1.00 e. The van der Waals surface area contributed by atoms with E-state index in [1.54, 1.807) is 0 Å². The molecule has 33 heavy (non-hydrogen) atoms. The molecule has 2 aromatic carbocycles. The minimum Gasteiger partial charge on any atom is -1.00 e. The van der Waals surface area contributed by atoms with E-state index >= 15 is 0 Å². The number of halogens is 2. The quantitative estimate of drug-likeness (QED) is 0.448. The Balaban J connectivity index is 0.00000193. The van der Waals surface area contributed by atoms with Crippen molar-refractivity contribution in [1.29, 1.82) is 0 Å². The van der Waals surface area contributed by atoms with Crippen LogP contribution in [-0.2, 0) is 34.7 Å². The minimum absolute atomic E-state index is 0. The Bertz CT molecular complexity index is 1070. The summed E-state index contributed by atoms with van der Waals surface area (Å²) in [5.74, 6) is 0. The Kier molecular flexibility index (Phi) is 8.70. The fourth-order valence-electron chi connectivity index (χ4n) is 4.83. The summed E-state index contributed by atoms with van der Waals surface area (Å²) < 4.78 is 0.175. The topological polar surface area (TPSA) is 0 Å².